The Bertz CT molecular complexity index is 1250. The molecule has 8 heteroatoms. The Morgan fingerprint density at radius 3 is 2.58 bits per heavy atom. The summed E-state index contributed by atoms with van der Waals surface area (Å²) < 4.78 is 7.23. The van der Waals surface area contributed by atoms with Crippen molar-refractivity contribution >= 4 is 40.1 Å². The van der Waals surface area contributed by atoms with E-state index < -0.39 is 0 Å². The summed E-state index contributed by atoms with van der Waals surface area (Å²) in [6, 6.07) is 15.5. The van der Waals surface area contributed by atoms with Crippen molar-refractivity contribution in [3.8, 4) is 11.4 Å². The average Bonchev–Trinajstić information content (AvgIpc) is 3.25. The number of fused-ring (bicyclic) bond motifs is 3. The van der Waals surface area contributed by atoms with E-state index in [4.69, 9.17) is 21.3 Å². The summed E-state index contributed by atoms with van der Waals surface area (Å²) in [7, 11) is 0. The number of nitrogens with zero attached hydrogens (tertiary/aromatic N) is 5. The Hall–Kier alpha value is -3.19. The van der Waals surface area contributed by atoms with Gasteiger partial charge in [-0.15, -0.1) is 10.2 Å². The summed E-state index contributed by atoms with van der Waals surface area (Å²) >= 11 is 6.08. The van der Waals surface area contributed by atoms with E-state index in [0.717, 1.165) is 40.9 Å². The third kappa shape index (κ3) is 3.59. The first-order valence-corrected chi connectivity index (χ1v) is 10.8. The smallest absolute Gasteiger partial charge is 0.309 e. The molecule has 1 saturated heterocycles. The summed E-state index contributed by atoms with van der Waals surface area (Å²) in [4.78, 5) is 19.3. The summed E-state index contributed by atoms with van der Waals surface area (Å²) in [6.07, 6.45) is 1.46. The van der Waals surface area contributed by atoms with E-state index in [1.807, 2.05) is 59.9 Å². The molecule has 0 spiro atoms. The second kappa shape index (κ2) is 8.15. The first-order valence-electron chi connectivity index (χ1n) is 10.5. The second-order valence-corrected chi connectivity index (χ2v) is 8.07. The molecule has 0 N–H and O–H groups in total. The standard InChI is InChI=1S/C23H22ClN5O2/c1-2-31-22(30)16-11-13-28(14-12-16)23-25-19-6-4-3-5-18(19)21-27-26-20(29(21)23)15-7-9-17(24)10-8-15/h3-10,16H,2,11-14H2,1H3. The van der Waals surface area contributed by atoms with Crippen LogP contribution in [-0.2, 0) is 9.53 Å². The molecule has 1 fully saturated rings. The summed E-state index contributed by atoms with van der Waals surface area (Å²) in [6.45, 7) is 3.68. The molecule has 2 aromatic carbocycles. The molecule has 0 saturated carbocycles. The zero-order valence-electron chi connectivity index (χ0n) is 17.2. The Morgan fingerprint density at radius 1 is 1.10 bits per heavy atom. The summed E-state index contributed by atoms with van der Waals surface area (Å²) in [5, 5.41) is 10.6. The van der Waals surface area contributed by atoms with Crippen LogP contribution in [0.25, 0.3) is 27.9 Å². The van der Waals surface area contributed by atoms with Crippen LogP contribution in [0.1, 0.15) is 19.8 Å². The molecular formula is C23H22ClN5O2. The second-order valence-electron chi connectivity index (χ2n) is 7.63. The van der Waals surface area contributed by atoms with Gasteiger partial charge in [-0.25, -0.2) is 9.38 Å². The third-order valence-electron chi connectivity index (χ3n) is 5.73. The fourth-order valence-electron chi connectivity index (χ4n) is 4.14. The molecule has 5 rings (SSSR count). The van der Waals surface area contributed by atoms with Crippen molar-refractivity contribution in [3.63, 3.8) is 0 Å². The number of halogens is 1. The number of benzene rings is 2. The van der Waals surface area contributed by atoms with E-state index in [0.29, 0.717) is 30.5 Å². The molecule has 0 radical (unpaired) electrons. The number of hydrogen-bond donors (Lipinski definition) is 0. The lowest BCUT2D eigenvalue weighted by Crippen LogP contribution is -2.38. The number of rotatable bonds is 4. The maximum atomic E-state index is 12.2. The molecule has 0 amide bonds. The normalized spacial score (nSPS) is 15.0. The van der Waals surface area contributed by atoms with Gasteiger partial charge in [0, 0.05) is 29.1 Å². The number of carbonyl (C=O) groups excluding carboxylic acids is 1. The van der Waals surface area contributed by atoms with Crippen LogP contribution >= 0.6 is 11.6 Å². The largest absolute Gasteiger partial charge is 0.466 e. The highest BCUT2D eigenvalue weighted by Gasteiger charge is 2.29. The van der Waals surface area contributed by atoms with Gasteiger partial charge in [-0.3, -0.25) is 4.79 Å². The maximum absolute atomic E-state index is 12.2. The van der Waals surface area contributed by atoms with E-state index >= 15 is 0 Å². The number of aromatic nitrogens is 4. The van der Waals surface area contributed by atoms with Gasteiger partial charge in [0.05, 0.1) is 18.0 Å². The van der Waals surface area contributed by atoms with Gasteiger partial charge in [0.2, 0.25) is 5.95 Å². The Labute approximate surface area is 184 Å². The van der Waals surface area contributed by atoms with Crippen LogP contribution < -0.4 is 4.90 Å². The van der Waals surface area contributed by atoms with E-state index in [1.165, 1.54) is 0 Å². The monoisotopic (exact) mass is 435 g/mol. The molecule has 3 heterocycles. The number of piperidine rings is 1. The van der Waals surface area contributed by atoms with Gasteiger partial charge in [0.15, 0.2) is 11.5 Å². The molecule has 31 heavy (non-hydrogen) atoms. The minimum Gasteiger partial charge on any atom is -0.466 e. The van der Waals surface area contributed by atoms with Crippen LogP contribution in [0.2, 0.25) is 5.02 Å². The molecule has 4 aromatic rings. The van der Waals surface area contributed by atoms with Gasteiger partial charge in [-0.2, -0.15) is 0 Å². The molecule has 0 bridgehead atoms. The van der Waals surface area contributed by atoms with Gasteiger partial charge in [0.1, 0.15) is 0 Å². The van der Waals surface area contributed by atoms with Crippen LogP contribution in [0.5, 0.6) is 0 Å². The zero-order chi connectivity index (χ0) is 21.4. The number of hydrogen-bond acceptors (Lipinski definition) is 6. The lowest BCUT2D eigenvalue weighted by Gasteiger charge is -2.32. The van der Waals surface area contributed by atoms with E-state index in [-0.39, 0.29) is 11.9 Å². The number of ether oxygens (including phenoxy) is 1. The molecule has 7 nitrogen and oxygen atoms in total. The SMILES string of the molecule is CCOC(=O)C1CCN(c2nc3ccccc3c3nnc(-c4ccc(Cl)cc4)n23)CC1. The highest BCUT2D eigenvalue weighted by atomic mass is 35.5. The molecule has 0 aliphatic carbocycles. The lowest BCUT2D eigenvalue weighted by atomic mass is 9.97. The van der Waals surface area contributed by atoms with Crippen molar-refractivity contribution in [2.24, 2.45) is 5.92 Å². The minimum absolute atomic E-state index is 0.0659. The minimum atomic E-state index is -0.107. The van der Waals surface area contributed by atoms with E-state index in [9.17, 15) is 4.79 Å². The average molecular weight is 436 g/mol. The van der Waals surface area contributed by atoms with Gasteiger partial charge in [-0.05, 0) is 56.2 Å². The molecule has 2 aromatic heterocycles. The van der Waals surface area contributed by atoms with Gasteiger partial charge in [-0.1, -0.05) is 23.7 Å². The predicted molar refractivity (Wildman–Crippen MR) is 120 cm³/mol. The van der Waals surface area contributed by atoms with Gasteiger partial charge >= 0.3 is 5.97 Å². The van der Waals surface area contributed by atoms with Crippen molar-refractivity contribution in [3.05, 3.63) is 53.6 Å². The quantitative estimate of drug-likeness (QED) is 0.443. The van der Waals surface area contributed by atoms with Crippen LogP contribution in [0.4, 0.5) is 5.95 Å². The molecule has 0 unspecified atom stereocenters. The highest BCUT2D eigenvalue weighted by molar-refractivity contribution is 6.30. The predicted octanol–water partition coefficient (Wildman–Crippen LogP) is 4.38. The van der Waals surface area contributed by atoms with Crippen LogP contribution in [0.3, 0.4) is 0 Å². The first kappa shape index (κ1) is 19.8. The lowest BCUT2D eigenvalue weighted by molar-refractivity contribution is -0.148. The number of para-hydroxylation sites is 1. The Kier molecular flexibility index (Phi) is 5.19. The van der Waals surface area contributed by atoms with Crippen molar-refractivity contribution in [2.45, 2.75) is 19.8 Å². The Morgan fingerprint density at radius 2 is 1.84 bits per heavy atom. The molecule has 1 aliphatic heterocycles. The third-order valence-corrected chi connectivity index (χ3v) is 5.98. The topological polar surface area (TPSA) is 72.6 Å². The molecular weight excluding hydrogens is 414 g/mol. The first-order chi connectivity index (χ1) is 15.2. The fourth-order valence-corrected chi connectivity index (χ4v) is 4.27. The molecule has 158 valence electrons. The fraction of sp³-hybridized carbons (Fsp3) is 0.304. The van der Waals surface area contributed by atoms with E-state index in [2.05, 4.69) is 15.1 Å². The summed E-state index contributed by atoms with van der Waals surface area (Å²) in [5.41, 5.74) is 2.54. The number of carbonyl (C=O) groups is 1. The maximum Gasteiger partial charge on any atom is 0.309 e. The van der Waals surface area contributed by atoms with Gasteiger partial charge in [0.25, 0.3) is 0 Å². The van der Waals surface area contributed by atoms with Crippen LogP contribution in [0, 0.1) is 5.92 Å². The van der Waals surface area contributed by atoms with Crippen molar-refractivity contribution in [1.82, 2.24) is 19.6 Å². The number of anilines is 1. The Balaban J connectivity index is 1.60. The van der Waals surface area contributed by atoms with Crippen LogP contribution in [0.15, 0.2) is 48.5 Å². The van der Waals surface area contributed by atoms with E-state index in [1.54, 1.807) is 0 Å². The van der Waals surface area contributed by atoms with Crippen molar-refractivity contribution in [2.75, 3.05) is 24.6 Å². The molecule has 0 atom stereocenters. The zero-order valence-corrected chi connectivity index (χ0v) is 17.9. The van der Waals surface area contributed by atoms with Crippen LogP contribution in [-0.4, -0.2) is 45.2 Å². The highest BCUT2D eigenvalue weighted by Crippen LogP contribution is 2.31. The molecule has 1 aliphatic rings. The summed E-state index contributed by atoms with van der Waals surface area (Å²) in [5.74, 6) is 1.33. The van der Waals surface area contributed by atoms with Crippen molar-refractivity contribution < 1.29 is 9.53 Å². The van der Waals surface area contributed by atoms with Gasteiger partial charge < -0.3 is 9.64 Å². The number of esters is 1. The van der Waals surface area contributed by atoms with Crippen molar-refractivity contribution in [1.29, 1.82) is 0 Å².